The Hall–Kier alpha value is -2.70. The van der Waals surface area contributed by atoms with E-state index in [0.717, 1.165) is 0 Å². The molecule has 0 saturated heterocycles. The van der Waals surface area contributed by atoms with Crippen LogP contribution in [0.5, 0.6) is 5.75 Å². The van der Waals surface area contributed by atoms with Crippen molar-refractivity contribution >= 4 is 17.7 Å². The maximum Gasteiger partial charge on any atom is 0.230 e. The second-order valence-corrected chi connectivity index (χ2v) is 4.89. The Morgan fingerprint density at radius 3 is 2.45 bits per heavy atom. The molecule has 2 aromatic rings. The van der Waals surface area contributed by atoms with Crippen LogP contribution in [0.3, 0.4) is 0 Å². The summed E-state index contributed by atoms with van der Waals surface area (Å²) >= 11 is 0. The predicted octanol–water partition coefficient (Wildman–Crippen LogP) is 1.69. The molecular formula is C15H19N5O2. The molecule has 0 radical (unpaired) electrons. The molecule has 2 N–H and O–H groups in total. The monoisotopic (exact) mass is 301 g/mol. The smallest absolute Gasteiger partial charge is 0.230 e. The molecule has 22 heavy (non-hydrogen) atoms. The van der Waals surface area contributed by atoms with Gasteiger partial charge in [-0.2, -0.15) is 15.0 Å². The minimum absolute atomic E-state index is 0.104. The van der Waals surface area contributed by atoms with Gasteiger partial charge < -0.3 is 15.4 Å². The van der Waals surface area contributed by atoms with Gasteiger partial charge in [0.25, 0.3) is 0 Å². The molecule has 0 amide bonds. The van der Waals surface area contributed by atoms with Crippen molar-refractivity contribution in [2.45, 2.75) is 20.0 Å². The molecule has 116 valence electrons. The lowest BCUT2D eigenvalue weighted by atomic mass is 10.1. The van der Waals surface area contributed by atoms with E-state index in [1.54, 1.807) is 29.2 Å². The molecule has 0 unspecified atom stereocenters. The average molecular weight is 301 g/mol. The number of rotatable bonds is 6. The highest BCUT2D eigenvalue weighted by atomic mass is 16.5. The van der Waals surface area contributed by atoms with Crippen LogP contribution in [0.25, 0.3) is 0 Å². The van der Waals surface area contributed by atoms with E-state index < -0.39 is 0 Å². The standard InChI is InChI=1S/C15H19N5O2/c1-4-12(21)10-5-7-11(8-6-10)22-9-13-17-14(16)19-15(18-13)20(2)3/h5-8H,4,9H2,1-3H3,(H2,16,17,18,19). The average Bonchev–Trinajstić information content (AvgIpc) is 2.52. The molecule has 1 aromatic carbocycles. The molecular weight excluding hydrogens is 282 g/mol. The number of ether oxygens (including phenoxy) is 1. The molecule has 7 nitrogen and oxygen atoms in total. The van der Waals surface area contributed by atoms with Gasteiger partial charge >= 0.3 is 0 Å². The van der Waals surface area contributed by atoms with Crippen molar-refractivity contribution in [1.29, 1.82) is 0 Å². The molecule has 7 heteroatoms. The number of carbonyl (C=O) groups excluding carboxylic acids is 1. The Morgan fingerprint density at radius 2 is 1.86 bits per heavy atom. The number of ketones is 1. The lowest BCUT2D eigenvalue weighted by molar-refractivity contribution is 0.0988. The highest BCUT2D eigenvalue weighted by Crippen LogP contribution is 2.15. The molecule has 0 bridgehead atoms. The fourth-order valence-electron chi connectivity index (χ4n) is 1.78. The molecule has 0 aliphatic rings. The van der Waals surface area contributed by atoms with Crippen LogP contribution in [0, 0.1) is 0 Å². The van der Waals surface area contributed by atoms with E-state index in [1.165, 1.54) is 0 Å². The van der Waals surface area contributed by atoms with Crippen LogP contribution in [-0.4, -0.2) is 34.8 Å². The van der Waals surface area contributed by atoms with Gasteiger partial charge in [-0.25, -0.2) is 0 Å². The Morgan fingerprint density at radius 1 is 1.18 bits per heavy atom. The molecule has 0 fully saturated rings. The minimum atomic E-state index is 0.104. The zero-order valence-corrected chi connectivity index (χ0v) is 12.9. The molecule has 0 aliphatic heterocycles. The number of carbonyl (C=O) groups is 1. The van der Waals surface area contributed by atoms with Crippen LogP contribution in [0.4, 0.5) is 11.9 Å². The first-order chi connectivity index (χ1) is 10.5. The number of Topliss-reactive ketones (excluding diaryl/α,β-unsaturated/α-hetero) is 1. The highest BCUT2D eigenvalue weighted by Gasteiger charge is 2.07. The Labute approximate surface area is 129 Å². The lowest BCUT2D eigenvalue weighted by Gasteiger charge is -2.12. The van der Waals surface area contributed by atoms with Gasteiger partial charge in [0.15, 0.2) is 11.6 Å². The van der Waals surface area contributed by atoms with E-state index in [-0.39, 0.29) is 18.3 Å². The Bertz CT molecular complexity index is 655. The van der Waals surface area contributed by atoms with E-state index in [1.807, 2.05) is 21.0 Å². The van der Waals surface area contributed by atoms with Gasteiger partial charge in [-0.15, -0.1) is 0 Å². The second kappa shape index (κ2) is 6.84. The van der Waals surface area contributed by atoms with Gasteiger partial charge in [-0.1, -0.05) is 6.92 Å². The number of benzene rings is 1. The van der Waals surface area contributed by atoms with Gasteiger partial charge in [0.2, 0.25) is 11.9 Å². The van der Waals surface area contributed by atoms with Gasteiger partial charge in [-0.3, -0.25) is 4.79 Å². The first-order valence-corrected chi connectivity index (χ1v) is 6.93. The van der Waals surface area contributed by atoms with Crippen LogP contribution in [0.15, 0.2) is 24.3 Å². The molecule has 0 spiro atoms. The number of nitrogens with two attached hydrogens (primary N) is 1. The number of nitrogens with zero attached hydrogens (tertiary/aromatic N) is 4. The van der Waals surface area contributed by atoms with Crippen LogP contribution in [-0.2, 0) is 6.61 Å². The van der Waals surface area contributed by atoms with Crippen LogP contribution in [0.2, 0.25) is 0 Å². The van der Waals surface area contributed by atoms with Crippen molar-refractivity contribution in [2.24, 2.45) is 0 Å². The topological polar surface area (TPSA) is 94.2 Å². The highest BCUT2D eigenvalue weighted by molar-refractivity contribution is 5.95. The number of anilines is 2. The maximum absolute atomic E-state index is 11.6. The zero-order valence-electron chi connectivity index (χ0n) is 12.9. The second-order valence-electron chi connectivity index (χ2n) is 4.89. The number of nitrogen functional groups attached to an aromatic ring is 1. The van der Waals surface area contributed by atoms with Crippen molar-refractivity contribution in [3.05, 3.63) is 35.7 Å². The molecule has 0 atom stereocenters. The quantitative estimate of drug-likeness (QED) is 0.811. The van der Waals surface area contributed by atoms with E-state index in [9.17, 15) is 4.79 Å². The fourth-order valence-corrected chi connectivity index (χ4v) is 1.78. The van der Waals surface area contributed by atoms with Gasteiger partial charge in [0.05, 0.1) is 0 Å². The third kappa shape index (κ3) is 3.91. The zero-order chi connectivity index (χ0) is 16.1. The SMILES string of the molecule is CCC(=O)c1ccc(OCc2nc(N)nc(N(C)C)n2)cc1. The fraction of sp³-hybridized carbons (Fsp3) is 0.333. The van der Waals surface area contributed by atoms with Crippen molar-refractivity contribution in [1.82, 2.24) is 15.0 Å². The van der Waals surface area contributed by atoms with E-state index in [0.29, 0.717) is 29.5 Å². The first kappa shape index (κ1) is 15.7. The number of aromatic nitrogens is 3. The van der Waals surface area contributed by atoms with Crippen LogP contribution < -0.4 is 15.4 Å². The number of hydrogen-bond acceptors (Lipinski definition) is 7. The van der Waals surface area contributed by atoms with Crippen molar-refractivity contribution in [3.8, 4) is 5.75 Å². The summed E-state index contributed by atoms with van der Waals surface area (Å²) in [5, 5.41) is 0. The molecule has 0 saturated carbocycles. The molecule has 0 aliphatic carbocycles. The van der Waals surface area contributed by atoms with Crippen molar-refractivity contribution in [2.75, 3.05) is 24.7 Å². The van der Waals surface area contributed by atoms with Gasteiger partial charge in [0, 0.05) is 26.1 Å². The van der Waals surface area contributed by atoms with E-state index in [2.05, 4.69) is 15.0 Å². The maximum atomic E-state index is 11.6. The number of hydrogen-bond donors (Lipinski definition) is 1. The summed E-state index contributed by atoms with van der Waals surface area (Å²) in [5.41, 5.74) is 6.33. The third-order valence-corrected chi connectivity index (χ3v) is 2.95. The van der Waals surface area contributed by atoms with E-state index in [4.69, 9.17) is 10.5 Å². The van der Waals surface area contributed by atoms with Crippen molar-refractivity contribution < 1.29 is 9.53 Å². The summed E-state index contributed by atoms with van der Waals surface area (Å²) in [6.07, 6.45) is 0.484. The summed E-state index contributed by atoms with van der Waals surface area (Å²) in [6, 6.07) is 6.99. The molecule has 1 heterocycles. The molecule has 2 rings (SSSR count). The predicted molar refractivity (Wildman–Crippen MR) is 84.0 cm³/mol. The van der Waals surface area contributed by atoms with Gasteiger partial charge in [0.1, 0.15) is 12.4 Å². The van der Waals surface area contributed by atoms with Crippen LogP contribution in [0.1, 0.15) is 29.5 Å². The third-order valence-electron chi connectivity index (χ3n) is 2.95. The Kier molecular flexibility index (Phi) is 4.88. The largest absolute Gasteiger partial charge is 0.486 e. The summed E-state index contributed by atoms with van der Waals surface area (Å²) in [7, 11) is 3.64. The van der Waals surface area contributed by atoms with Crippen molar-refractivity contribution in [3.63, 3.8) is 0 Å². The summed E-state index contributed by atoms with van der Waals surface area (Å²) in [6.45, 7) is 2.01. The minimum Gasteiger partial charge on any atom is -0.486 e. The lowest BCUT2D eigenvalue weighted by Crippen LogP contribution is -2.16. The van der Waals surface area contributed by atoms with Gasteiger partial charge in [-0.05, 0) is 24.3 Å². The normalized spacial score (nSPS) is 10.3. The van der Waals surface area contributed by atoms with Crippen LogP contribution >= 0.6 is 0 Å². The molecule has 1 aromatic heterocycles. The summed E-state index contributed by atoms with van der Waals surface area (Å²) in [5.74, 6) is 1.83. The summed E-state index contributed by atoms with van der Waals surface area (Å²) < 4.78 is 5.61. The summed E-state index contributed by atoms with van der Waals surface area (Å²) in [4.78, 5) is 25.6. The first-order valence-electron chi connectivity index (χ1n) is 6.93. The van der Waals surface area contributed by atoms with E-state index >= 15 is 0 Å². The Balaban J connectivity index is 2.05.